The van der Waals surface area contributed by atoms with Crippen LogP contribution in [0.2, 0.25) is 0 Å². The summed E-state index contributed by atoms with van der Waals surface area (Å²) in [4.78, 5) is 111. The molecule has 0 fully saturated rings. The molecule has 0 saturated carbocycles. The maximum absolute atomic E-state index is 13.3. The summed E-state index contributed by atoms with van der Waals surface area (Å²) in [5.74, 6) is -6.71. The average Bonchev–Trinajstić information content (AvgIpc) is 3.34. The first-order valence-electron chi connectivity index (χ1n) is 26.0. The number of phosphoric acid groups is 1. The van der Waals surface area contributed by atoms with Crippen molar-refractivity contribution in [3.05, 3.63) is 0 Å². The first kappa shape index (κ1) is 68.7. The number of nitrogens with one attached hydrogen (secondary N) is 5. The number of hydrogen-bond acceptors (Lipinski definition) is 17. The van der Waals surface area contributed by atoms with Gasteiger partial charge in [0, 0.05) is 12.8 Å². The highest BCUT2D eigenvalue weighted by Gasteiger charge is 2.31. The number of aliphatic hydroxyl groups excluding tert-OH is 2. The van der Waals surface area contributed by atoms with Crippen LogP contribution >= 0.6 is 7.82 Å². The number of aliphatic hydroxyl groups is 2. The van der Waals surface area contributed by atoms with Crippen LogP contribution in [0.1, 0.15) is 163 Å². The van der Waals surface area contributed by atoms with Crippen LogP contribution in [-0.4, -0.2) is 169 Å². The lowest BCUT2D eigenvalue weighted by Crippen LogP contribution is -2.58. The molecule has 7 atom stereocenters. The molecule has 0 rings (SSSR count). The quantitative estimate of drug-likeness (QED) is 0.0237. The third-order valence-electron chi connectivity index (χ3n) is 11.4. The van der Waals surface area contributed by atoms with Crippen molar-refractivity contribution in [3.8, 4) is 0 Å². The van der Waals surface area contributed by atoms with Crippen molar-refractivity contribution < 1.29 is 81.7 Å². The first-order chi connectivity index (χ1) is 34.6. The molecule has 0 saturated heterocycles. The molecule has 0 aromatic rings. The van der Waals surface area contributed by atoms with E-state index in [1.165, 1.54) is 71.6 Å². The summed E-state index contributed by atoms with van der Waals surface area (Å²) in [7, 11) is -2.61. The summed E-state index contributed by atoms with van der Waals surface area (Å²) in [5, 5.41) is 40.1. The minimum absolute atomic E-state index is 0.00904. The monoisotopic (exact) mass is 1070 g/mol. The SMILES string of the molecule is CCCCCCCCCCCCCCCC(=O)OC[C@H](COP(=O)(O)OCCC)OC(=O)CCCCN(C)CCCC[C@H](NC(=O)[C@@H](NC(=O)CNC(=O)[C@@H](N)[C@@H](C)O)[C@@H](C)O)C(=O)NCC(=O)NCC(=O)O. The van der Waals surface area contributed by atoms with E-state index in [-0.39, 0.29) is 32.5 Å². The number of carboxylic acids is 1. The molecule has 73 heavy (non-hydrogen) atoms. The summed E-state index contributed by atoms with van der Waals surface area (Å²) in [6.45, 7) is 4.65. The van der Waals surface area contributed by atoms with E-state index in [4.69, 9.17) is 29.4 Å². The maximum atomic E-state index is 13.3. The van der Waals surface area contributed by atoms with Crippen molar-refractivity contribution in [2.75, 3.05) is 59.6 Å². The van der Waals surface area contributed by atoms with Crippen LogP contribution in [0.15, 0.2) is 0 Å². The van der Waals surface area contributed by atoms with Crippen LogP contribution in [0.4, 0.5) is 0 Å². The molecule has 0 aromatic heterocycles. The Labute approximate surface area is 431 Å². The molecule has 0 heterocycles. The molecular weight excluding hydrogens is 978 g/mol. The van der Waals surface area contributed by atoms with Crippen LogP contribution in [0.25, 0.3) is 0 Å². The van der Waals surface area contributed by atoms with Gasteiger partial charge in [0.2, 0.25) is 29.5 Å². The lowest BCUT2D eigenvalue weighted by Gasteiger charge is -2.25. The van der Waals surface area contributed by atoms with Gasteiger partial charge in [-0.05, 0) is 78.9 Å². The highest BCUT2D eigenvalue weighted by Crippen LogP contribution is 2.43. The highest BCUT2D eigenvalue weighted by atomic mass is 31.2. The minimum Gasteiger partial charge on any atom is -0.480 e. The van der Waals surface area contributed by atoms with Crippen LogP contribution in [0, 0.1) is 0 Å². The van der Waals surface area contributed by atoms with Crippen molar-refractivity contribution in [2.45, 2.75) is 199 Å². The van der Waals surface area contributed by atoms with Gasteiger partial charge in [-0.1, -0.05) is 90.9 Å². The van der Waals surface area contributed by atoms with Gasteiger partial charge in [-0.2, -0.15) is 0 Å². The topological polar surface area (TPSA) is 361 Å². The van der Waals surface area contributed by atoms with E-state index >= 15 is 0 Å². The summed E-state index contributed by atoms with van der Waals surface area (Å²) in [6, 6.07) is -4.18. The molecule has 11 N–H and O–H groups in total. The molecule has 24 nitrogen and oxygen atoms in total. The van der Waals surface area contributed by atoms with E-state index < -0.39 is 118 Å². The van der Waals surface area contributed by atoms with Gasteiger partial charge in [0.05, 0.1) is 38.5 Å². The van der Waals surface area contributed by atoms with E-state index in [2.05, 4.69) is 33.5 Å². The maximum Gasteiger partial charge on any atom is 0.472 e. The molecule has 0 aliphatic heterocycles. The number of esters is 2. The molecule has 1 unspecified atom stereocenters. The second kappa shape index (κ2) is 42.0. The third-order valence-corrected chi connectivity index (χ3v) is 12.4. The third kappa shape index (κ3) is 38.0. The van der Waals surface area contributed by atoms with Crippen molar-refractivity contribution >= 4 is 55.3 Å². The zero-order valence-corrected chi connectivity index (χ0v) is 44.9. The number of phosphoric ester groups is 1. The van der Waals surface area contributed by atoms with Gasteiger partial charge < -0.3 is 66.9 Å². The predicted molar refractivity (Wildman–Crippen MR) is 270 cm³/mol. The second-order valence-electron chi connectivity index (χ2n) is 18.4. The minimum atomic E-state index is -4.45. The zero-order chi connectivity index (χ0) is 55.0. The average molecular weight is 1070 g/mol. The van der Waals surface area contributed by atoms with Crippen LogP contribution in [0.5, 0.6) is 0 Å². The standard InChI is InChI=1S/C48H90N7O17P/c1-6-8-9-10-11-12-13-14-15-16-17-18-19-25-42(62)69-33-37(34-71-73(67,68)70-29-7-2)72-43(63)26-21-23-28-55(5)27-22-20-24-38(46(64)51-30-39(58)50-32-41(60)61)53-48(66)45(36(4)57)54-40(59)31-52-47(65)44(49)35(3)56/h35-38,44-45,56-57H,6-34,49H2,1-5H3,(H,50,58)(H,51,64)(H,52,65)(H,53,66)(H,54,59)(H,60,61)(H,67,68)/t35-,36-,37-,38+,44+,45+/m1/s1. The fraction of sp³-hybridized carbons (Fsp3) is 0.833. The van der Waals surface area contributed by atoms with E-state index in [1.54, 1.807) is 6.92 Å². The van der Waals surface area contributed by atoms with Gasteiger partial charge in [0.15, 0.2) is 6.10 Å². The number of carboxylic acid groups (broad SMARTS) is 1. The zero-order valence-electron chi connectivity index (χ0n) is 44.0. The van der Waals surface area contributed by atoms with Crippen molar-refractivity contribution in [1.29, 1.82) is 0 Å². The van der Waals surface area contributed by atoms with Gasteiger partial charge in [-0.3, -0.25) is 47.4 Å². The van der Waals surface area contributed by atoms with Crippen molar-refractivity contribution in [2.24, 2.45) is 5.73 Å². The fourth-order valence-corrected chi connectivity index (χ4v) is 7.85. The van der Waals surface area contributed by atoms with Crippen molar-refractivity contribution in [1.82, 2.24) is 31.5 Å². The van der Waals surface area contributed by atoms with E-state index in [0.717, 1.165) is 19.3 Å². The van der Waals surface area contributed by atoms with Crippen molar-refractivity contribution in [3.63, 3.8) is 0 Å². The summed E-state index contributed by atoms with van der Waals surface area (Å²) in [6.07, 6.45) is 13.8. The van der Waals surface area contributed by atoms with Gasteiger partial charge >= 0.3 is 25.7 Å². The Morgan fingerprint density at radius 3 is 1.70 bits per heavy atom. The number of aliphatic carboxylic acids is 1. The number of carbonyl (C=O) groups excluding carboxylic acids is 7. The normalized spacial score (nSPS) is 14.6. The Balaban J connectivity index is 5.15. The van der Waals surface area contributed by atoms with Gasteiger partial charge in [0.25, 0.3) is 0 Å². The Morgan fingerprint density at radius 1 is 0.603 bits per heavy atom. The summed E-state index contributed by atoms with van der Waals surface area (Å²) >= 11 is 0. The molecule has 25 heteroatoms. The molecule has 5 amide bonds. The smallest absolute Gasteiger partial charge is 0.472 e. The number of hydrogen-bond donors (Lipinski definition) is 10. The highest BCUT2D eigenvalue weighted by molar-refractivity contribution is 7.47. The lowest BCUT2D eigenvalue weighted by atomic mass is 10.0. The number of nitrogens with zero attached hydrogens (tertiary/aromatic N) is 1. The summed E-state index contributed by atoms with van der Waals surface area (Å²) in [5.41, 5.74) is 5.56. The molecule has 424 valence electrons. The molecule has 0 bridgehead atoms. The molecule has 0 aromatic carbocycles. The Hall–Kier alpha value is -4.29. The Morgan fingerprint density at radius 2 is 1.14 bits per heavy atom. The van der Waals surface area contributed by atoms with Gasteiger partial charge in [0.1, 0.15) is 31.3 Å². The summed E-state index contributed by atoms with van der Waals surface area (Å²) < 4.78 is 33.1. The van der Waals surface area contributed by atoms with E-state index in [1.807, 2.05) is 11.9 Å². The number of amides is 5. The first-order valence-corrected chi connectivity index (χ1v) is 27.5. The van der Waals surface area contributed by atoms with Gasteiger partial charge in [-0.25, -0.2) is 4.57 Å². The molecule has 0 aliphatic carbocycles. The molecule has 0 aliphatic rings. The van der Waals surface area contributed by atoms with Crippen LogP contribution < -0.4 is 32.3 Å². The molecule has 0 spiro atoms. The van der Waals surface area contributed by atoms with Crippen LogP contribution in [0.3, 0.4) is 0 Å². The van der Waals surface area contributed by atoms with Crippen LogP contribution in [-0.2, 0) is 61.4 Å². The second-order valence-corrected chi connectivity index (χ2v) is 19.8. The number of carbonyl (C=O) groups is 8. The predicted octanol–water partition coefficient (Wildman–Crippen LogP) is 2.23. The molecular formula is C48H90N7O17P. The Kier molecular flexibility index (Phi) is 39.5. The molecule has 0 radical (unpaired) electrons. The van der Waals surface area contributed by atoms with E-state index in [0.29, 0.717) is 51.6 Å². The van der Waals surface area contributed by atoms with E-state index in [9.17, 15) is 58.0 Å². The number of ether oxygens (including phenoxy) is 2. The fourth-order valence-electron chi connectivity index (χ4n) is 7.01. The number of unbranched alkanes of at least 4 members (excludes halogenated alkanes) is 14. The largest absolute Gasteiger partial charge is 0.480 e. The number of nitrogens with two attached hydrogens (primary N) is 1. The van der Waals surface area contributed by atoms with Gasteiger partial charge in [-0.15, -0.1) is 0 Å². The number of rotatable bonds is 46. The Bertz CT molecular complexity index is 1660. The lowest BCUT2D eigenvalue weighted by molar-refractivity contribution is -0.161.